The molecule has 0 bridgehead atoms. The lowest BCUT2D eigenvalue weighted by molar-refractivity contribution is -0.122. The molecule has 1 heterocycles. The van der Waals surface area contributed by atoms with Gasteiger partial charge in [0.2, 0.25) is 5.91 Å². The summed E-state index contributed by atoms with van der Waals surface area (Å²) in [4.78, 5) is 35.2. The summed E-state index contributed by atoms with van der Waals surface area (Å²) in [5.74, 6) is -0.266. The van der Waals surface area contributed by atoms with Crippen LogP contribution >= 0.6 is 0 Å². The Balaban J connectivity index is 2.05. The molecule has 1 aromatic rings. The molecule has 0 atom stereocenters. The van der Waals surface area contributed by atoms with E-state index in [0.29, 0.717) is 0 Å². The van der Waals surface area contributed by atoms with Crippen LogP contribution in [0.15, 0.2) is 21.9 Å². The molecular formula is C13H19N3O3. The van der Waals surface area contributed by atoms with Crippen molar-refractivity contribution < 1.29 is 4.79 Å². The predicted octanol–water partition coefficient (Wildman–Crippen LogP) is -0.00410. The van der Waals surface area contributed by atoms with Gasteiger partial charge in [-0.15, -0.1) is 0 Å². The van der Waals surface area contributed by atoms with Crippen molar-refractivity contribution in [3.63, 3.8) is 0 Å². The first-order valence-electron chi connectivity index (χ1n) is 6.64. The molecule has 0 unspecified atom stereocenters. The zero-order valence-electron chi connectivity index (χ0n) is 11.1. The molecule has 1 fully saturated rings. The molecule has 1 aliphatic rings. The maximum atomic E-state index is 11.9. The Morgan fingerprint density at radius 1 is 1.32 bits per heavy atom. The molecule has 0 aromatic carbocycles. The fourth-order valence-corrected chi connectivity index (χ4v) is 2.42. The van der Waals surface area contributed by atoms with Crippen molar-refractivity contribution >= 4 is 5.91 Å². The Kier molecular flexibility index (Phi) is 4.19. The van der Waals surface area contributed by atoms with Gasteiger partial charge in [-0.2, -0.15) is 0 Å². The van der Waals surface area contributed by atoms with E-state index in [0.717, 1.165) is 30.3 Å². The van der Waals surface area contributed by atoms with Crippen LogP contribution in [0, 0.1) is 0 Å². The van der Waals surface area contributed by atoms with E-state index in [1.165, 1.54) is 23.3 Å². The van der Waals surface area contributed by atoms with Crippen molar-refractivity contribution in [2.75, 3.05) is 0 Å². The lowest BCUT2D eigenvalue weighted by atomic mass is 9.95. The van der Waals surface area contributed by atoms with E-state index < -0.39 is 11.2 Å². The van der Waals surface area contributed by atoms with Gasteiger partial charge in [0.25, 0.3) is 5.56 Å². The Morgan fingerprint density at radius 3 is 2.68 bits per heavy atom. The van der Waals surface area contributed by atoms with Crippen molar-refractivity contribution in [1.29, 1.82) is 0 Å². The second kappa shape index (κ2) is 5.86. The van der Waals surface area contributed by atoms with Crippen molar-refractivity contribution in [1.82, 2.24) is 14.5 Å². The number of rotatable bonds is 3. The fraction of sp³-hybridized carbons (Fsp3) is 0.615. The molecule has 6 nitrogen and oxygen atoms in total. The van der Waals surface area contributed by atoms with Crippen LogP contribution in [0.3, 0.4) is 0 Å². The smallest absolute Gasteiger partial charge is 0.331 e. The minimum atomic E-state index is -0.466. The van der Waals surface area contributed by atoms with Gasteiger partial charge in [-0.3, -0.25) is 14.2 Å². The number of carbonyl (C=O) groups is 1. The van der Waals surface area contributed by atoms with Crippen LogP contribution in [-0.4, -0.2) is 21.1 Å². The average molecular weight is 265 g/mol. The molecule has 0 radical (unpaired) electrons. The topological polar surface area (TPSA) is 73.1 Å². The average Bonchev–Trinajstić information content (AvgIpc) is 2.40. The summed E-state index contributed by atoms with van der Waals surface area (Å²) in [6.45, 7) is -0.206. The standard InChI is InChI=1S/C13H19N3O3/c1-15-8-7-12(18)16(13(15)19)9-11(17)14-10-5-3-2-4-6-10/h7-8,10H,2-6,9H2,1H3,(H,14,17). The largest absolute Gasteiger partial charge is 0.352 e. The van der Waals surface area contributed by atoms with E-state index in [4.69, 9.17) is 0 Å². The van der Waals surface area contributed by atoms with Gasteiger partial charge in [-0.05, 0) is 12.8 Å². The minimum absolute atomic E-state index is 0.185. The third-order valence-corrected chi connectivity index (χ3v) is 3.51. The molecule has 1 aliphatic carbocycles. The lowest BCUT2D eigenvalue weighted by Gasteiger charge is -2.22. The van der Waals surface area contributed by atoms with Crippen molar-refractivity contribution in [2.45, 2.75) is 44.7 Å². The summed E-state index contributed by atoms with van der Waals surface area (Å²) in [5, 5.41) is 2.89. The van der Waals surface area contributed by atoms with Crippen molar-refractivity contribution in [3.8, 4) is 0 Å². The number of aromatic nitrogens is 2. The van der Waals surface area contributed by atoms with Crippen LogP contribution in [0.2, 0.25) is 0 Å². The van der Waals surface area contributed by atoms with Crippen molar-refractivity contribution in [3.05, 3.63) is 33.1 Å². The zero-order valence-corrected chi connectivity index (χ0v) is 11.1. The first-order chi connectivity index (χ1) is 9.08. The molecular weight excluding hydrogens is 246 g/mol. The molecule has 104 valence electrons. The molecule has 1 saturated carbocycles. The molecule has 1 N–H and O–H groups in total. The second-order valence-electron chi connectivity index (χ2n) is 5.04. The summed E-state index contributed by atoms with van der Waals surface area (Å²) in [6, 6.07) is 1.47. The predicted molar refractivity (Wildman–Crippen MR) is 71.0 cm³/mol. The number of nitrogens with one attached hydrogen (secondary N) is 1. The zero-order chi connectivity index (χ0) is 13.8. The molecule has 1 amide bonds. The van der Waals surface area contributed by atoms with Crippen LogP contribution in [0.25, 0.3) is 0 Å². The van der Waals surface area contributed by atoms with E-state index in [1.807, 2.05) is 0 Å². The normalized spacial score (nSPS) is 16.3. The highest BCUT2D eigenvalue weighted by atomic mass is 16.2. The molecule has 0 aliphatic heterocycles. The van der Waals surface area contributed by atoms with E-state index in [-0.39, 0.29) is 18.5 Å². The second-order valence-corrected chi connectivity index (χ2v) is 5.04. The molecule has 1 aromatic heterocycles. The molecule has 2 rings (SSSR count). The highest BCUT2D eigenvalue weighted by Crippen LogP contribution is 2.17. The number of amides is 1. The van der Waals surface area contributed by atoms with E-state index in [2.05, 4.69) is 5.32 Å². The molecule has 19 heavy (non-hydrogen) atoms. The van der Waals surface area contributed by atoms with Gasteiger partial charge in [0, 0.05) is 25.4 Å². The fourth-order valence-electron chi connectivity index (χ4n) is 2.42. The molecule has 6 heteroatoms. The Bertz CT molecular complexity index is 567. The Labute approximate surface area is 111 Å². The summed E-state index contributed by atoms with van der Waals surface area (Å²) in [5.41, 5.74) is -0.909. The van der Waals surface area contributed by atoms with Crippen LogP contribution in [0.5, 0.6) is 0 Å². The van der Waals surface area contributed by atoms with Gasteiger partial charge in [0.05, 0.1) is 0 Å². The Hall–Kier alpha value is -1.85. The summed E-state index contributed by atoms with van der Waals surface area (Å²) in [6.07, 6.45) is 6.82. The first kappa shape index (κ1) is 13.6. The van der Waals surface area contributed by atoms with Crippen LogP contribution in [-0.2, 0) is 18.4 Å². The van der Waals surface area contributed by atoms with Gasteiger partial charge in [0.15, 0.2) is 0 Å². The number of nitrogens with zero attached hydrogens (tertiary/aromatic N) is 2. The number of hydrogen-bond acceptors (Lipinski definition) is 3. The maximum Gasteiger partial charge on any atom is 0.331 e. The van der Waals surface area contributed by atoms with Gasteiger partial charge in [0.1, 0.15) is 6.54 Å². The molecule has 0 saturated heterocycles. The van der Waals surface area contributed by atoms with Gasteiger partial charge < -0.3 is 9.88 Å². The monoisotopic (exact) mass is 265 g/mol. The van der Waals surface area contributed by atoms with Gasteiger partial charge >= 0.3 is 5.69 Å². The first-order valence-corrected chi connectivity index (χ1v) is 6.64. The lowest BCUT2D eigenvalue weighted by Crippen LogP contribution is -2.45. The summed E-state index contributed by atoms with van der Waals surface area (Å²) in [7, 11) is 1.55. The van der Waals surface area contributed by atoms with Crippen LogP contribution in [0.4, 0.5) is 0 Å². The van der Waals surface area contributed by atoms with Gasteiger partial charge in [-0.1, -0.05) is 19.3 Å². The van der Waals surface area contributed by atoms with Crippen molar-refractivity contribution in [2.24, 2.45) is 7.05 Å². The number of hydrogen-bond donors (Lipinski definition) is 1. The third-order valence-electron chi connectivity index (χ3n) is 3.51. The van der Waals surface area contributed by atoms with Gasteiger partial charge in [-0.25, -0.2) is 4.79 Å². The van der Waals surface area contributed by atoms with E-state index in [9.17, 15) is 14.4 Å². The highest BCUT2D eigenvalue weighted by molar-refractivity contribution is 5.76. The summed E-state index contributed by atoms with van der Waals surface area (Å²) >= 11 is 0. The number of aryl methyl sites for hydroxylation is 1. The van der Waals surface area contributed by atoms with Crippen LogP contribution < -0.4 is 16.6 Å². The SMILES string of the molecule is Cn1ccc(=O)n(CC(=O)NC2CCCCC2)c1=O. The summed E-state index contributed by atoms with van der Waals surface area (Å²) < 4.78 is 2.24. The Morgan fingerprint density at radius 2 is 2.00 bits per heavy atom. The quantitative estimate of drug-likeness (QED) is 0.835. The third kappa shape index (κ3) is 3.33. The highest BCUT2D eigenvalue weighted by Gasteiger charge is 2.16. The van der Waals surface area contributed by atoms with Crippen LogP contribution in [0.1, 0.15) is 32.1 Å². The number of carbonyl (C=O) groups excluding carboxylic acids is 1. The van der Waals surface area contributed by atoms with E-state index in [1.54, 1.807) is 7.05 Å². The minimum Gasteiger partial charge on any atom is -0.352 e. The maximum absolute atomic E-state index is 11.9. The molecule has 0 spiro atoms. The van der Waals surface area contributed by atoms with E-state index >= 15 is 0 Å².